The van der Waals surface area contributed by atoms with E-state index in [4.69, 9.17) is 4.74 Å². The van der Waals surface area contributed by atoms with Crippen LogP contribution in [0.25, 0.3) is 0 Å². The number of hydrogen-bond donors (Lipinski definition) is 2. The average molecular weight is 243 g/mol. The number of alkyl carbamates (subject to hydrolysis) is 1. The van der Waals surface area contributed by atoms with Crippen molar-refractivity contribution in [1.82, 2.24) is 5.32 Å². The minimum Gasteiger partial charge on any atom is -0.443 e. The smallest absolute Gasteiger partial charge is 0.407 e. The summed E-state index contributed by atoms with van der Waals surface area (Å²) in [4.78, 5) is 11.8. The highest BCUT2D eigenvalue weighted by atomic mass is 16.6. The van der Waals surface area contributed by atoms with Crippen LogP contribution in [0.5, 0.6) is 0 Å². The second-order valence-electron chi connectivity index (χ2n) is 6.29. The molecular weight excluding hydrogens is 218 g/mol. The van der Waals surface area contributed by atoms with Gasteiger partial charge in [-0.1, -0.05) is 20.8 Å². The molecule has 0 saturated heterocycles. The average Bonchev–Trinajstić information content (AvgIpc) is 2.59. The Morgan fingerprint density at radius 1 is 1.41 bits per heavy atom. The van der Waals surface area contributed by atoms with Gasteiger partial charge in [0, 0.05) is 0 Å². The van der Waals surface area contributed by atoms with Crippen molar-refractivity contribution >= 4 is 6.09 Å². The van der Waals surface area contributed by atoms with Crippen molar-refractivity contribution in [3.63, 3.8) is 0 Å². The lowest BCUT2D eigenvalue weighted by molar-refractivity contribution is 0.0222. The fourth-order valence-corrected chi connectivity index (χ4v) is 2.16. The van der Waals surface area contributed by atoms with Crippen molar-refractivity contribution in [1.29, 1.82) is 0 Å². The summed E-state index contributed by atoms with van der Waals surface area (Å²) in [5.74, 6) is 0. The van der Waals surface area contributed by atoms with Crippen LogP contribution in [0.2, 0.25) is 0 Å². The molecule has 1 amide bonds. The van der Waals surface area contributed by atoms with Gasteiger partial charge in [-0.3, -0.25) is 0 Å². The maximum atomic E-state index is 11.8. The van der Waals surface area contributed by atoms with Crippen molar-refractivity contribution in [2.75, 3.05) is 6.61 Å². The monoisotopic (exact) mass is 243 g/mol. The minimum atomic E-state index is -0.414. The fourth-order valence-electron chi connectivity index (χ4n) is 2.16. The van der Waals surface area contributed by atoms with E-state index < -0.39 is 6.09 Å². The second-order valence-corrected chi connectivity index (χ2v) is 6.29. The maximum absolute atomic E-state index is 11.8. The summed E-state index contributed by atoms with van der Waals surface area (Å²) < 4.78 is 5.47. The zero-order valence-electron chi connectivity index (χ0n) is 11.4. The highest BCUT2D eigenvalue weighted by molar-refractivity contribution is 5.68. The molecule has 0 bridgehead atoms. The molecule has 1 aliphatic rings. The minimum absolute atomic E-state index is 0.0741. The summed E-state index contributed by atoms with van der Waals surface area (Å²) in [6, 6.07) is -0.278. The molecule has 4 heteroatoms. The van der Waals surface area contributed by atoms with Crippen LogP contribution in [-0.2, 0) is 4.74 Å². The van der Waals surface area contributed by atoms with Crippen molar-refractivity contribution in [3.8, 4) is 0 Å². The van der Waals surface area contributed by atoms with E-state index in [-0.39, 0.29) is 23.7 Å². The predicted molar refractivity (Wildman–Crippen MR) is 66.8 cm³/mol. The lowest BCUT2D eigenvalue weighted by Crippen LogP contribution is -2.48. The Kier molecular flexibility index (Phi) is 4.42. The summed E-state index contributed by atoms with van der Waals surface area (Å²) in [5, 5.41) is 12.0. The van der Waals surface area contributed by atoms with Crippen molar-refractivity contribution in [3.05, 3.63) is 0 Å². The molecule has 1 aliphatic carbocycles. The van der Waals surface area contributed by atoms with Gasteiger partial charge < -0.3 is 15.2 Å². The molecule has 0 aromatic carbocycles. The van der Waals surface area contributed by atoms with Crippen molar-refractivity contribution < 1.29 is 14.6 Å². The molecule has 0 unspecified atom stereocenters. The number of amides is 1. The third kappa shape index (κ3) is 4.19. The van der Waals surface area contributed by atoms with Gasteiger partial charge in [0.25, 0.3) is 0 Å². The summed E-state index contributed by atoms with van der Waals surface area (Å²) in [6.45, 7) is 7.84. The molecule has 1 fully saturated rings. The first-order valence-electron chi connectivity index (χ1n) is 6.37. The van der Waals surface area contributed by atoms with Gasteiger partial charge >= 0.3 is 6.09 Å². The number of aliphatic hydroxyl groups is 1. The molecule has 1 atom stereocenters. The number of rotatable bonds is 3. The molecular formula is C13H25NO3. The van der Waals surface area contributed by atoms with Gasteiger partial charge in [0.15, 0.2) is 0 Å². The maximum Gasteiger partial charge on any atom is 0.407 e. The number of carbonyl (C=O) groups is 1. The molecule has 0 heterocycles. The molecule has 4 nitrogen and oxygen atoms in total. The number of ether oxygens (including phenoxy) is 1. The fraction of sp³-hybridized carbons (Fsp3) is 0.923. The molecule has 1 rings (SSSR count). The molecule has 0 aromatic heterocycles. The van der Waals surface area contributed by atoms with Crippen LogP contribution in [0.4, 0.5) is 4.79 Å². The van der Waals surface area contributed by atoms with E-state index in [0.717, 1.165) is 25.7 Å². The first kappa shape index (κ1) is 14.3. The lowest BCUT2D eigenvalue weighted by Gasteiger charge is -2.31. The standard InChI is InChI=1S/C13H25NO3/c1-12(2,3)10(9-15)14-11(16)17-13(4)7-5-6-8-13/h10,15H,5-9H2,1-4H3,(H,14,16)/t10-/m1/s1. The number of carbonyl (C=O) groups excluding carboxylic acids is 1. The van der Waals surface area contributed by atoms with Crippen LogP contribution in [0.1, 0.15) is 53.4 Å². The Morgan fingerprint density at radius 2 is 1.94 bits per heavy atom. The van der Waals surface area contributed by atoms with E-state index in [9.17, 15) is 9.90 Å². The summed E-state index contributed by atoms with van der Waals surface area (Å²) in [6.07, 6.45) is 3.68. The third-order valence-electron chi connectivity index (χ3n) is 3.52. The Labute approximate surface area is 104 Å². The second kappa shape index (κ2) is 5.25. The van der Waals surface area contributed by atoms with E-state index in [2.05, 4.69) is 5.32 Å². The SMILES string of the molecule is CC1(OC(=O)N[C@H](CO)C(C)(C)C)CCCC1. The van der Waals surface area contributed by atoms with Crippen LogP contribution in [0, 0.1) is 5.41 Å². The largest absolute Gasteiger partial charge is 0.443 e. The molecule has 2 N–H and O–H groups in total. The highest BCUT2D eigenvalue weighted by Gasteiger charge is 2.34. The lowest BCUT2D eigenvalue weighted by atomic mass is 9.87. The highest BCUT2D eigenvalue weighted by Crippen LogP contribution is 2.32. The van der Waals surface area contributed by atoms with Crippen molar-refractivity contribution in [2.45, 2.75) is 65.0 Å². The summed E-state index contributed by atoms with van der Waals surface area (Å²) in [7, 11) is 0. The molecule has 0 aliphatic heterocycles. The molecule has 0 radical (unpaired) electrons. The summed E-state index contributed by atoms with van der Waals surface area (Å²) in [5.41, 5.74) is -0.494. The van der Waals surface area contributed by atoms with Crippen LogP contribution in [0.15, 0.2) is 0 Å². The molecule has 0 spiro atoms. The van der Waals surface area contributed by atoms with E-state index in [0.29, 0.717) is 0 Å². The first-order chi connectivity index (χ1) is 7.77. The quantitative estimate of drug-likeness (QED) is 0.800. The molecule has 0 aromatic rings. The molecule has 17 heavy (non-hydrogen) atoms. The predicted octanol–water partition coefficient (Wildman–Crippen LogP) is 2.45. The van der Waals surface area contributed by atoms with Crippen LogP contribution in [-0.4, -0.2) is 29.4 Å². The third-order valence-corrected chi connectivity index (χ3v) is 3.52. The van der Waals surface area contributed by atoms with E-state index in [1.165, 1.54) is 0 Å². The number of hydrogen-bond acceptors (Lipinski definition) is 3. The normalized spacial score (nSPS) is 21.0. The molecule has 1 saturated carbocycles. The Morgan fingerprint density at radius 3 is 2.35 bits per heavy atom. The van der Waals surface area contributed by atoms with Crippen molar-refractivity contribution in [2.24, 2.45) is 5.41 Å². The van der Waals surface area contributed by atoms with Gasteiger partial charge in [0.2, 0.25) is 0 Å². The zero-order valence-corrected chi connectivity index (χ0v) is 11.4. The van der Waals surface area contributed by atoms with Gasteiger partial charge in [-0.05, 0) is 38.0 Å². The van der Waals surface area contributed by atoms with Crippen LogP contribution in [0.3, 0.4) is 0 Å². The van der Waals surface area contributed by atoms with Crippen LogP contribution >= 0.6 is 0 Å². The van der Waals surface area contributed by atoms with E-state index in [1.54, 1.807) is 0 Å². The number of aliphatic hydroxyl groups excluding tert-OH is 1. The van der Waals surface area contributed by atoms with Gasteiger partial charge in [-0.25, -0.2) is 4.79 Å². The first-order valence-corrected chi connectivity index (χ1v) is 6.37. The Balaban J connectivity index is 2.48. The number of nitrogens with one attached hydrogen (secondary N) is 1. The zero-order chi connectivity index (χ0) is 13.1. The topological polar surface area (TPSA) is 58.6 Å². The van der Waals surface area contributed by atoms with Gasteiger partial charge in [0.05, 0.1) is 12.6 Å². The Bertz CT molecular complexity index is 264. The van der Waals surface area contributed by atoms with Gasteiger partial charge in [0.1, 0.15) is 5.60 Å². The van der Waals surface area contributed by atoms with E-state index in [1.807, 2.05) is 27.7 Å². The van der Waals surface area contributed by atoms with Crippen LogP contribution < -0.4 is 5.32 Å². The summed E-state index contributed by atoms with van der Waals surface area (Å²) >= 11 is 0. The Hall–Kier alpha value is -0.770. The molecule has 100 valence electrons. The van der Waals surface area contributed by atoms with Gasteiger partial charge in [-0.2, -0.15) is 0 Å². The van der Waals surface area contributed by atoms with E-state index >= 15 is 0 Å². The van der Waals surface area contributed by atoms with Gasteiger partial charge in [-0.15, -0.1) is 0 Å².